The van der Waals surface area contributed by atoms with Crippen molar-refractivity contribution in [3.05, 3.63) is 0 Å². The summed E-state index contributed by atoms with van der Waals surface area (Å²) < 4.78 is 0. The number of hydrogen-bond acceptors (Lipinski definition) is 5. The molecule has 0 radical (unpaired) electrons. The largest absolute Gasteiger partial charge is 4.00 e. The molecule has 0 bridgehead atoms. The molecule has 0 aromatic rings. The molecule has 0 aliphatic heterocycles. The summed E-state index contributed by atoms with van der Waals surface area (Å²) in [6, 6.07) is 0. The van der Waals surface area contributed by atoms with Gasteiger partial charge in [-0.3, -0.25) is 0 Å². The van der Waals surface area contributed by atoms with Gasteiger partial charge in [-0.1, -0.05) is 0 Å². The summed E-state index contributed by atoms with van der Waals surface area (Å²) in [5, 5.41) is 40.6. The van der Waals surface area contributed by atoms with Crippen molar-refractivity contribution >= 4 is 0 Å². The van der Waals surface area contributed by atoms with E-state index in [4.69, 9.17) is 25.5 Å². The molecule has 0 aromatic heterocycles. The fraction of sp³-hybridized carbons (Fsp3) is 1.00. The standard InChI is InChI=1S/C2H6O.4CH3O.Ti/c1-2-3;4*1-2;/h3H,2H2,1H3;4*1H3;/q;4*-1;+4. The van der Waals surface area contributed by atoms with E-state index in [1.807, 2.05) is 0 Å². The van der Waals surface area contributed by atoms with Gasteiger partial charge in [-0.25, -0.2) is 0 Å². The first-order valence-corrected chi connectivity index (χ1v) is 2.66. The zero-order chi connectivity index (χ0) is 10.7. The molecular weight excluding hydrogens is 200 g/mol. The van der Waals surface area contributed by atoms with Crippen LogP contribution in [0.2, 0.25) is 0 Å². The maximum atomic E-state index is 8.25. The summed E-state index contributed by atoms with van der Waals surface area (Å²) >= 11 is 0. The summed E-state index contributed by atoms with van der Waals surface area (Å²) in [5.74, 6) is 0. The van der Waals surface area contributed by atoms with Gasteiger partial charge >= 0.3 is 21.7 Å². The first-order chi connectivity index (χ1) is 5.41. The van der Waals surface area contributed by atoms with E-state index in [9.17, 15) is 0 Å². The smallest absolute Gasteiger partial charge is 0.857 e. The first kappa shape index (κ1) is 39.1. The minimum atomic E-state index is 0. The van der Waals surface area contributed by atoms with E-state index in [1.54, 1.807) is 6.92 Å². The van der Waals surface area contributed by atoms with Gasteiger partial charge < -0.3 is 25.5 Å². The molecule has 0 aromatic carbocycles. The monoisotopic (exact) mass is 218 g/mol. The van der Waals surface area contributed by atoms with Crippen molar-refractivity contribution in [3.63, 3.8) is 0 Å². The van der Waals surface area contributed by atoms with E-state index < -0.39 is 0 Å². The van der Waals surface area contributed by atoms with Crippen LogP contribution in [0, 0.1) is 0 Å². The van der Waals surface area contributed by atoms with Crippen LogP contribution in [0.1, 0.15) is 6.92 Å². The third-order valence-electron chi connectivity index (χ3n) is 0. The van der Waals surface area contributed by atoms with Crippen LogP contribution in [0.5, 0.6) is 0 Å². The van der Waals surface area contributed by atoms with Gasteiger partial charge in [-0.2, -0.15) is 28.4 Å². The Hall–Kier alpha value is 0.514. The first-order valence-electron chi connectivity index (χ1n) is 2.66. The van der Waals surface area contributed by atoms with Crippen molar-refractivity contribution in [2.75, 3.05) is 35.0 Å². The molecule has 6 heteroatoms. The van der Waals surface area contributed by atoms with Crippen LogP contribution in [0.25, 0.3) is 0 Å². The summed E-state index contributed by atoms with van der Waals surface area (Å²) in [6.07, 6.45) is 0. The van der Waals surface area contributed by atoms with E-state index in [2.05, 4.69) is 0 Å². The van der Waals surface area contributed by atoms with Crippen LogP contribution in [0.3, 0.4) is 0 Å². The van der Waals surface area contributed by atoms with Gasteiger partial charge in [0.15, 0.2) is 0 Å². The predicted molar refractivity (Wildman–Crippen MR) is 36.5 cm³/mol. The predicted octanol–water partition coefficient (Wildman–Crippen LogP) is -4.10. The Morgan fingerprint density at radius 3 is 0.750 bits per heavy atom. The van der Waals surface area contributed by atoms with Gasteiger partial charge in [-0.15, -0.1) is 0 Å². The average Bonchev–Trinajstić information content (AvgIpc) is 2.18. The molecule has 5 nitrogen and oxygen atoms in total. The van der Waals surface area contributed by atoms with E-state index in [0.717, 1.165) is 28.4 Å². The molecule has 0 spiro atoms. The molecular formula is C6H18O5Ti. The van der Waals surface area contributed by atoms with E-state index >= 15 is 0 Å². The Bertz CT molecular complexity index is 15.9. The van der Waals surface area contributed by atoms with Crippen LogP contribution >= 0.6 is 0 Å². The second-order valence-electron chi connectivity index (χ2n) is 0.316. The Labute approximate surface area is 89.6 Å². The van der Waals surface area contributed by atoms with Crippen LogP contribution in [-0.2, 0) is 21.7 Å². The molecule has 0 amide bonds. The van der Waals surface area contributed by atoms with Crippen LogP contribution in [0.15, 0.2) is 0 Å². The van der Waals surface area contributed by atoms with Crippen LogP contribution in [0.4, 0.5) is 0 Å². The SMILES string of the molecule is CCO.C[O-].C[O-].C[O-].C[O-].[Ti+4]. The molecule has 0 saturated heterocycles. The second-order valence-corrected chi connectivity index (χ2v) is 0.316. The summed E-state index contributed by atoms with van der Waals surface area (Å²) in [7, 11) is 3.00. The van der Waals surface area contributed by atoms with Gasteiger partial charge in [0.2, 0.25) is 0 Å². The van der Waals surface area contributed by atoms with Crippen molar-refractivity contribution in [3.8, 4) is 0 Å². The van der Waals surface area contributed by atoms with E-state index in [0.29, 0.717) is 0 Å². The summed E-state index contributed by atoms with van der Waals surface area (Å²) in [6.45, 7) is 1.93. The Morgan fingerprint density at radius 1 is 0.750 bits per heavy atom. The van der Waals surface area contributed by atoms with Gasteiger partial charge in [0, 0.05) is 6.61 Å². The molecule has 0 aliphatic carbocycles. The number of aliphatic hydroxyl groups is 1. The molecule has 0 atom stereocenters. The fourth-order valence-corrected chi connectivity index (χ4v) is 0. The molecule has 0 unspecified atom stereocenters. The fourth-order valence-electron chi connectivity index (χ4n) is 0. The van der Waals surface area contributed by atoms with Crippen molar-refractivity contribution < 1.29 is 47.3 Å². The third kappa shape index (κ3) is 3600. The maximum absolute atomic E-state index is 8.25. The van der Waals surface area contributed by atoms with Crippen molar-refractivity contribution in [2.45, 2.75) is 6.92 Å². The molecule has 76 valence electrons. The quantitative estimate of drug-likeness (QED) is 0.415. The Kier molecular flexibility index (Phi) is 1810. The zero-order valence-corrected chi connectivity index (χ0v) is 9.85. The Morgan fingerprint density at radius 2 is 0.750 bits per heavy atom. The van der Waals surface area contributed by atoms with Gasteiger partial charge in [0.05, 0.1) is 0 Å². The minimum Gasteiger partial charge on any atom is -0.857 e. The average molecular weight is 218 g/mol. The normalized spacial score (nSPS) is 3.50. The molecule has 0 rings (SSSR count). The zero-order valence-electron chi connectivity index (χ0n) is 8.29. The molecule has 0 saturated carbocycles. The third-order valence-corrected chi connectivity index (χ3v) is 0. The molecule has 0 heterocycles. The van der Waals surface area contributed by atoms with Crippen LogP contribution < -0.4 is 20.4 Å². The summed E-state index contributed by atoms with van der Waals surface area (Å²) in [4.78, 5) is 0. The topological polar surface area (TPSA) is 112 Å². The number of aliphatic hydroxyl groups excluding tert-OH is 1. The maximum Gasteiger partial charge on any atom is 4.00 e. The number of hydrogen-bond donors (Lipinski definition) is 1. The van der Waals surface area contributed by atoms with Crippen molar-refractivity contribution in [1.29, 1.82) is 0 Å². The molecule has 12 heavy (non-hydrogen) atoms. The van der Waals surface area contributed by atoms with Crippen molar-refractivity contribution in [2.24, 2.45) is 0 Å². The second kappa shape index (κ2) is 555. The Balaban J connectivity index is -0.00000000933. The molecule has 0 fully saturated rings. The van der Waals surface area contributed by atoms with Crippen molar-refractivity contribution in [1.82, 2.24) is 0 Å². The van der Waals surface area contributed by atoms with E-state index in [1.165, 1.54) is 0 Å². The summed E-state index contributed by atoms with van der Waals surface area (Å²) in [5.41, 5.74) is 0. The van der Waals surface area contributed by atoms with Gasteiger partial charge in [0.25, 0.3) is 0 Å². The molecule has 0 aliphatic rings. The van der Waals surface area contributed by atoms with Gasteiger partial charge in [-0.05, 0) is 6.92 Å². The minimum absolute atomic E-state index is 0. The van der Waals surface area contributed by atoms with Gasteiger partial charge in [0.1, 0.15) is 0 Å². The molecule has 1 N–H and O–H groups in total. The van der Waals surface area contributed by atoms with Crippen LogP contribution in [-0.4, -0.2) is 40.2 Å². The van der Waals surface area contributed by atoms with E-state index in [-0.39, 0.29) is 28.3 Å². The number of rotatable bonds is 0.